The van der Waals surface area contributed by atoms with Crippen LogP contribution >= 0.6 is 11.6 Å². The van der Waals surface area contributed by atoms with Crippen LogP contribution in [0, 0.1) is 10.1 Å². The summed E-state index contributed by atoms with van der Waals surface area (Å²) in [7, 11) is 1.65. The second kappa shape index (κ2) is 7.05. The Kier molecular flexibility index (Phi) is 4.70. The maximum absolute atomic E-state index is 12.9. The number of likely N-dealkylation sites (tertiary alicyclic amines) is 1. The number of benzene rings is 1. The van der Waals surface area contributed by atoms with Crippen molar-refractivity contribution in [1.29, 1.82) is 0 Å². The molecular formula is C18H20ClN5O4. The molecule has 0 unspecified atom stereocenters. The van der Waals surface area contributed by atoms with Gasteiger partial charge in [-0.1, -0.05) is 11.6 Å². The number of nitrogens with zero attached hydrogens (tertiary/aromatic N) is 5. The predicted molar refractivity (Wildman–Crippen MR) is 102 cm³/mol. The normalized spacial score (nSPS) is 17.7. The largest absolute Gasteiger partial charge is 0.345 e. The molecule has 1 aliphatic carbocycles. The van der Waals surface area contributed by atoms with Crippen LogP contribution in [0.25, 0.3) is 0 Å². The quantitative estimate of drug-likeness (QED) is 0.574. The van der Waals surface area contributed by atoms with Crippen LogP contribution in [0.5, 0.6) is 0 Å². The Morgan fingerprint density at radius 2 is 1.93 bits per heavy atom. The zero-order chi connectivity index (χ0) is 20.0. The molecule has 4 rings (SSSR count). The van der Waals surface area contributed by atoms with E-state index in [4.69, 9.17) is 11.6 Å². The summed E-state index contributed by atoms with van der Waals surface area (Å²) in [5.74, 6) is 0.483. The van der Waals surface area contributed by atoms with E-state index in [1.54, 1.807) is 16.5 Å². The number of halogens is 1. The van der Waals surface area contributed by atoms with E-state index in [9.17, 15) is 19.7 Å². The molecule has 1 aliphatic heterocycles. The van der Waals surface area contributed by atoms with Crippen LogP contribution in [0.4, 0.5) is 5.69 Å². The highest BCUT2D eigenvalue weighted by molar-refractivity contribution is 6.31. The molecule has 1 aromatic carbocycles. The molecule has 0 N–H and O–H groups in total. The maximum Gasteiger partial charge on any atom is 0.345 e. The van der Waals surface area contributed by atoms with Crippen molar-refractivity contribution in [2.45, 2.75) is 37.6 Å². The number of hydrogen-bond donors (Lipinski definition) is 0. The molecule has 0 radical (unpaired) electrons. The average molecular weight is 406 g/mol. The molecule has 10 heteroatoms. The molecule has 9 nitrogen and oxygen atoms in total. The van der Waals surface area contributed by atoms with Gasteiger partial charge in [0.15, 0.2) is 0 Å². The summed E-state index contributed by atoms with van der Waals surface area (Å²) >= 11 is 5.94. The van der Waals surface area contributed by atoms with Gasteiger partial charge >= 0.3 is 5.69 Å². The Morgan fingerprint density at radius 1 is 1.25 bits per heavy atom. The van der Waals surface area contributed by atoms with Gasteiger partial charge in [0.1, 0.15) is 11.4 Å². The van der Waals surface area contributed by atoms with Crippen LogP contribution in [0.3, 0.4) is 0 Å². The Bertz CT molecular complexity index is 1000. The van der Waals surface area contributed by atoms with Crippen molar-refractivity contribution in [2.75, 3.05) is 13.1 Å². The average Bonchev–Trinajstić information content (AvgIpc) is 3.47. The first-order chi connectivity index (χ1) is 13.4. The Labute approximate surface area is 165 Å². The van der Waals surface area contributed by atoms with Gasteiger partial charge in [0, 0.05) is 43.2 Å². The standard InChI is InChI=1S/C18H20ClN5O4/c1-21-18(26)23(13-3-4-13)16(20-21)11-6-8-22(9-7-11)17(25)14-10-12(19)2-5-15(14)24(27)28/h2,5,10-11,13H,3-4,6-9H2,1H3. The fourth-order valence-electron chi connectivity index (χ4n) is 3.80. The van der Waals surface area contributed by atoms with Crippen LogP contribution in [0.15, 0.2) is 23.0 Å². The highest BCUT2D eigenvalue weighted by Crippen LogP contribution is 2.37. The summed E-state index contributed by atoms with van der Waals surface area (Å²) in [5.41, 5.74) is -0.335. The summed E-state index contributed by atoms with van der Waals surface area (Å²) in [6.45, 7) is 0.894. The molecule has 1 saturated carbocycles. The second-order valence-corrected chi connectivity index (χ2v) is 7.79. The summed E-state index contributed by atoms with van der Waals surface area (Å²) in [6, 6.07) is 4.24. The number of carbonyl (C=O) groups excluding carboxylic acids is 1. The molecular weight excluding hydrogens is 386 g/mol. The maximum atomic E-state index is 12.9. The lowest BCUT2D eigenvalue weighted by Gasteiger charge is -2.31. The zero-order valence-corrected chi connectivity index (χ0v) is 16.1. The van der Waals surface area contributed by atoms with Gasteiger partial charge in [-0.25, -0.2) is 9.48 Å². The van der Waals surface area contributed by atoms with E-state index in [-0.39, 0.29) is 33.9 Å². The van der Waals surface area contributed by atoms with E-state index in [2.05, 4.69) is 5.10 Å². The van der Waals surface area contributed by atoms with E-state index >= 15 is 0 Å². The molecule has 1 aromatic heterocycles. The van der Waals surface area contributed by atoms with Gasteiger partial charge in [0.05, 0.1) is 4.92 Å². The number of aromatic nitrogens is 3. The Hall–Kier alpha value is -2.68. The molecule has 2 aliphatic rings. The van der Waals surface area contributed by atoms with Crippen LogP contribution < -0.4 is 5.69 Å². The van der Waals surface area contributed by atoms with E-state index in [1.165, 1.54) is 22.9 Å². The number of hydrogen-bond acceptors (Lipinski definition) is 5. The van der Waals surface area contributed by atoms with E-state index in [1.807, 2.05) is 0 Å². The second-order valence-electron chi connectivity index (χ2n) is 7.35. The molecule has 2 fully saturated rings. The number of aryl methyl sites for hydroxylation is 1. The minimum Gasteiger partial charge on any atom is -0.338 e. The zero-order valence-electron chi connectivity index (χ0n) is 15.4. The minimum atomic E-state index is -0.571. The van der Waals surface area contributed by atoms with Gasteiger partial charge in [-0.15, -0.1) is 0 Å². The minimum absolute atomic E-state index is 0.00340. The highest BCUT2D eigenvalue weighted by Gasteiger charge is 2.35. The third-order valence-corrected chi connectivity index (χ3v) is 5.66. The van der Waals surface area contributed by atoms with Crippen molar-refractivity contribution in [2.24, 2.45) is 7.05 Å². The summed E-state index contributed by atoms with van der Waals surface area (Å²) in [4.78, 5) is 37.5. The first-order valence-corrected chi connectivity index (χ1v) is 9.63. The fourth-order valence-corrected chi connectivity index (χ4v) is 3.97. The lowest BCUT2D eigenvalue weighted by atomic mass is 9.95. The first kappa shape index (κ1) is 18.7. The number of nitro benzene ring substituents is 1. The lowest BCUT2D eigenvalue weighted by molar-refractivity contribution is -0.385. The van der Waals surface area contributed by atoms with Gasteiger partial charge < -0.3 is 4.90 Å². The fraction of sp³-hybridized carbons (Fsp3) is 0.500. The van der Waals surface area contributed by atoms with Gasteiger partial charge in [0.25, 0.3) is 11.6 Å². The smallest absolute Gasteiger partial charge is 0.338 e. The van der Waals surface area contributed by atoms with Crippen molar-refractivity contribution in [1.82, 2.24) is 19.2 Å². The van der Waals surface area contributed by atoms with Crippen LogP contribution in [0.2, 0.25) is 5.02 Å². The number of carbonyl (C=O) groups is 1. The summed E-state index contributed by atoms with van der Waals surface area (Å²) in [5, 5.41) is 16.0. The molecule has 1 saturated heterocycles. The monoisotopic (exact) mass is 405 g/mol. The molecule has 28 heavy (non-hydrogen) atoms. The van der Waals surface area contributed by atoms with Crippen molar-refractivity contribution >= 4 is 23.2 Å². The SMILES string of the molecule is Cn1nc(C2CCN(C(=O)c3cc(Cl)ccc3[N+](=O)[O-])CC2)n(C2CC2)c1=O. The Morgan fingerprint density at radius 3 is 2.54 bits per heavy atom. The highest BCUT2D eigenvalue weighted by atomic mass is 35.5. The third-order valence-electron chi connectivity index (χ3n) is 5.43. The van der Waals surface area contributed by atoms with Crippen LogP contribution in [-0.4, -0.2) is 43.2 Å². The molecule has 0 bridgehead atoms. The van der Waals surface area contributed by atoms with Crippen molar-refractivity contribution < 1.29 is 9.72 Å². The number of nitro groups is 1. The molecule has 2 aromatic rings. The van der Waals surface area contributed by atoms with Gasteiger partial charge in [-0.2, -0.15) is 5.10 Å². The van der Waals surface area contributed by atoms with Crippen LogP contribution in [0.1, 0.15) is 53.8 Å². The number of amides is 1. The van der Waals surface area contributed by atoms with E-state index < -0.39 is 10.8 Å². The van der Waals surface area contributed by atoms with Gasteiger partial charge in [0.2, 0.25) is 0 Å². The van der Waals surface area contributed by atoms with Crippen LogP contribution in [-0.2, 0) is 7.05 Å². The molecule has 0 atom stereocenters. The lowest BCUT2D eigenvalue weighted by Crippen LogP contribution is -2.38. The number of piperidine rings is 1. The molecule has 0 spiro atoms. The van der Waals surface area contributed by atoms with E-state index in [0.717, 1.165) is 18.7 Å². The Balaban J connectivity index is 1.52. The first-order valence-electron chi connectivity index (χ1n) is 9.25. The molecule has 2 heterocycles. The van der Waals surface area contributed by atoms with Gasteiger partial charge in [-0.3, -0.25) is 19.5 Å². The number of rotatable bonds is 4. The van der Waals surface area contributed by atoms with E-state index in [0.29, 0.717) is 25.9 Å². The summed E-state index contributed by atoms with van der Waals surface area (Å²) in [6.07, 6.45) is 3.30. The predicted octanol–water partition coefficient (Wildman–Crippen LogP) is 2.50. The van der Waals surface area contributed by atoms with Crippen molar-refractivity contribution in [3.63, 3.8) is 0 Å². The topological polar surface area (TPSA) is 103 Å². The van der Waals surface area contributed by atoms with Crippen molar-refractivity contribution in [3.05, 3.63) is 55.2 Å². The molecule has 1 amide bonds. The van der Waals surface area contributed by atoms with Gasteiger partial charge in [-0.05, 0) is 37.8 Å². The van der Waals surface area contributed by atoms with Crippen molar-refractivity contribution in [3.8, 4) is 0 Å². The molecule has 148 valence electrons. The summed E-state index contributed by atoms with van der Waals surface area (Å²) < 4.78 is 3.17. The third kappa shape index (κ3) is 3.30.